The highest BCUT2D eigenvalue weighted by atomic mass is 19.4. The number of fused-ring (bicyclic) bond motifs is 3. The molecule has 2 aromatic heterocycles. The van der Waals surface area contributed by atoms with Gasteiger partial charge in [-0.25, -0.2) is 4.98 Å². The zero-order valence-corrected chi connectivity index (χ0v) is 16.2. The van der Waals surface area contributed by atoms with E-state index in [0.29, 0.717) is 46.2 Å². The lowest BCUT2D eigenvalue weighted by Crippen LogP contribution is -2.09. The lowest BCUT2D eigenvalue weighted by Gasteiger charge is -2.17. The summed E-state index contributed by atoms with van der Waals surface area (Å²) < 4.78 is 42.9. The van der Waals surface area contributed by atoms with E-state index in [1.54, 1.807) is 29.9 Å². The first-order valence-electron chi connectivity index (χ1n) is 9.38. The molecule has 0 atom stereocenters. The fourth-order valence-electron chi connectivity index (χ4n) is 3.72. The van der Waals surface area contributed by atoms with Crippen LogP contribution in [0, 0.1) is 0 Å². The number of alkyl halides is 3. The number of halogens is 3. The van der Waals surface area contributed by atoms with Crippen LogP contribution in [0.4, 0.5) is 24.9 Å². The molecule has 0 aliphatic heterocycles. The Labute approximate surface area is 170 Å². The summed E-state index contributed by atoms with van der Waals surface area (Å²) >= 11 is 0. The summed E-state index contributed by atoms with van der Waals surface area (Å²) in [5, 5.41) is 13.6. The summed E-state index contributed by atoms with van der Waals surface area (Å²) in [4.78, 5) is 8.57. The van der Waals surface area contributed by atoms with Crippen LogP contribution in [0.5, 0.6) is 0 Å². The maximum Gasteiger partial charge on any atom is 0.417 e. The second-order valence-electron chi connectivity index (χ2n) is 6.98. The third-order valence-corrected chi connectivity index (χ3v) is 4.98. The summed E-state index contributed by atoms with van der Waals surface area (Å²) in [6.07, 6.45) is -2.19. The predicted molar refractivity (Wildman–Crippen MR) is 111 cm³/mol. The van der Waals surface area contributed by atoms with Gasteiger partial charge < -0.3 is 20.7 Å². The molecule has 156 valence electrons. The van der Waals surface area contributed by atoms with Crippen molar-refractivity contribution in [1.29, 1.82) is 0 Å². The normalized spacial score (nSPS) is 12.0. The molecule has 4 aromatic rings. The van der Waals surface area contributed by atoms with Crippen LogP contribution in [0.3, 0.4) is 0 Å². The van der Waals surface area contributed by atoms with Crippen molar-refractivity contribution in [1.82, 2.24) is 14.5 Å². The van der Waals surface area contributed by atoms with Crippen LogP contribution in [0.2, 0.25) is 0 Å². The lowest BCUT2D eigenvalue weighted by atomic mass is 9.95. The van der Waals surface area contributed by atoms with E-state index in [0.717, 1.165) is 6.07 Å². The van der Waals surface area contributed by atoms with Gasteiger partial charge in [-0.3, -0.25) is 0 Å². The number of nitrogen functional groups attached to an aromatic ring is 1. The number of aromatic nitrogens is 3. The molecule has 0 saturated carbocycles. The number of aryl methyl sites for hydroxylation is 1. The highest BCUT2D eigenvalue weighted by Gasteiger charge is 2.34. The van der Waals surface area contributed by atoms with Gasteiger partial charge in [0.05, 0.1) is 22.0 Å². The van der Waals surface area contributed by atoms with E-state index in [1.165, 1.54) is 12.1 Å². The lowest BCUT2D eigenvalue weighted by molar-refractivity contribution is -0.137. The first kappa shape index (κ1) is 20.0. The third-order valence-electron chi connectivity index (χ3n) is 4.98. The summed E-state index contributed by atoms with van der Waals surface area (Å²) in [6, 6.07) is 8.94. The van der Waals surface area contributed by atoms with Gasteiger partial charge in [0.15, 0.2) is 0 Å². The highest BCUT2D eigenvalue weighted by molar-refractivity contribution is 6.16. The van der Waals surface area contributed by atoms with Crippen LogP contribution >= 0.6 is 0 Å². The minimum absolute atomic E-state index is 0.0133. The first-order chi connectivity index (χ1) is 14.3. The van der Waals surface area contributed by atoms with Crippen LogP contribution in [-0.4, -0.2) is 32.8 Å². The number of anilines is 2. The number of nitrogens with two attached hydrogens (primary N) is 1. The molecule has 0 saturated heterocycles. The van der Waals surface area contributed by atoms with Gasteiger partial charge in [-0.05, 0) is 30.2 Å². The maximum atomic E-state index is 13.7. The number of nitrogens with zero attached hydrogens (tertiary/aromatic N) is 3. The van der Waals surface area contributed by atoms with Gasteiger partial charge in [0.2, 0.25) is 5.95 Å². The Morgan fingerprint density at radius 3 is 2.63 bits per heavy atom. The van der Waals surface area contributed by atoms with Crippen molar-refractivity contribution in [2.24, 2.45) is 7.05 Å². The van der Waals surface area contributed by atoms with E-state index in [1.807, 2.05) is 6.07 Å². The average Bonchev–Trinajstić information content (AvgIpc) is 3.08. The van der Waals surface area contributed by atoms with Gasteiger partial charge in [-0.1, -0.05) is 18.2 Å². The van der Waals surface area contributed by atoms with Crippen LogP contribution in [0.25, 0.3) is 32.9 Å². The smallest absolute Gasteiger partial charge is 0.396 e. The van der Waals surface area contributed by atoms with Gasteiger partial charge >= 0.3 is 6.18 Å². The topological polar surface area (TPSA) is 89.0 Å². The van der Waals surface area contributed by atoms with E-state index in [4.69, 9.17) is 10.8 Å². The van der Waals surface area contributed by atoms with Crippen molar-refractivity contribution in [2.75, 3.05) is 24.2 Å². The average molecular weight is 415 g/mol. The molecule has 0 aliphatic rings. The Bertz CT molecular complexity index is 1230. The molecule has 0 aliphatic carbocycles. The van der Waals surface area contributed by atoms with Gasteiger partial charge in [0.25, 0.3) is 0 Å². The van der Waals surface area contributed by atoms with Crippen molar-refractivity contribution in [2.45, 2.75) is 12.6 Å². The molecule has 0 fully saturated rings. The zero-order valence-electron chi connectivity index (χ0n) is 16.2. The predicted octanol–water partition coefficient (Wildman–Crippen LogP) is 4.18. The fourth-order valence-corrected chi connectivity index (χ4v) is 3.72. The summed E-state index contributed by atoms with van der Waals surface area (Å²) in [5.41, 5.74) is 6.73. The van der Waals surface area contributed by atoms with Gasteiger partial charge in [-0.2, -0.15) is 18.2 Å². The van der Waals surface area contributed by atoms with E-state index < -0.39 is 11.7 Å². The van der Waals surface area contributed by atoms with Gasteiger partial charge in [-0.15, -0.1) is 0 Å². The van der Waals surface area contributed by atoms with E-state index in [9.17, 15) is 13.2 Å². The summed E-state index contributed by atoms with van der Waals surface area (Å²) in [6.45, 7) is 0.486. The maximum absolute atomic E-state index is 13.7. The molecule has 0 spiro atoms. The van der Waals surface area contributed by atoms with E-state index in [-0.39, 0.29) is 18.1 Å². The quantitative estimate of drug-likeness (QED) is 0.426. The molecule has 9 heteroatoms. The van der Waals surface area contributed by atoms with Crippen molar-refractivity contribution >= 4 is 33.6 Å². The van der Waals surface area contributed by atoms with Crippen LogP contribution in [0.1, 0.15) is 12.0 Å². The van der Waals surface area contributed by atoms with E-state index >= 15 is 0 Å². The second kappa shape index (κ2) is 7.49. The SMILES string of the molecule is Cn1ccc2c3c(NCCCO)nc(N)nc3cc(-c3ccccc3C(F)(F)F)c21. The fraction of sp³-hybridized carbons (Fsp3) is 0.238. The molecule has 0 unspecified atom stereocenters. The number of hydrogen-bond donors (Lipinski definition) is 3. The Morgan fingerprint density at radius 1 is 1.13 bits per heavy atom. The number of nitrogens with one attached hydrogen (secondary N) is 1. The molecular weight excluding hydrogens is 395 g/mol. The molecule has 30 heavy (non-hydrogen) atoms. The highest BCUT2D eigenvalue weighted by Crippen LogP contribution is 2.42. The van der Waals surface area contributed by atoms with Crippen LogP contribution < -0.4 is 11.1 Å². The van der Waals surface area contributed by atoms with Crippen LogP contribution in [0.15, 0.2) is 42.6 Å². The minimum Gasteiger partial charge on any atom is -0.396 e. The first-order valence-corrected chi connectivity index (χ1v) is 9.38. The molecule has 0 bridgehead atoms. The van der Waals surface area contributed by atoms with Crippen molar-refractivity contribution in [3.05, 3.63) is 48.2 Å². The number of aliphatic hydroxyl groups excluding tert-OH is 1. The monoisotopic (exact) mass is 415 g/mol. The van der Waals surface area contributed by atoms with Gasteiger partial charge in [0, 0.05) is 37.3 Å². The Morgan fingerprint density at radius 2 is 1.90 bits per heavy atom. The Hall–Kier alpha value is -3.33. The summed E-state index contributed by atoms with van der Waals surface area (Å²) in [7, 11) is 1.78. The van der Waals surface area contributed by atoms with Crippen molar-refractivity contribution in [3.63, 3.8) is 0 Å². The zero-order chi connectivity index (χ0) is 21.5. The number of benzene rings is 2. The molecule has 2 heterocycles. The third kappa shape index (κ3) is 3.41. The minimum atomic E-state index is -4.50. The largest absolute Gasteiger partial charge is 0.417 e. The molecular formula is C21H20F3N5O. The number of rotatable bonds is 5. The summed E-state index contributed by atoms with van der Waals surface area (Å²) in [5.74, 6) is 0.497. The molecule has 0 amide bonds. The number of aliphatic hydroxyl groups is 1. The Kier molecular flexibility index (Phi) is 4.98. The molecule has 4 N–H and O–H groups in total. The molecule has 6 nitrogen and oxygen atoms in total. The second-order valence-corrected chi connectivity index (χ2v) is 6.98. The van der Waals surface area contributed by atoms with Crippen molar-refractivity contribution in [3.8, 4) is 11.1 Å². The molecule has 0 radical (unpaired) electrons. The standard InChI is InChI=1S/C21H20F3N5O/c1-29-9-7-13-17-16(27-20(25)28-19(17)26-8-4-10-30)11-14(18(13)29)12-5-2-3-6-15(12)21(22,23)24/h2-3,5-7,9,11,30H,4,8,10H2,1H3,(H3,25,26,27,28). The van der Waals surface area contributed by atoms with Crippen LogP contribution in [-0.2, 0) is 13.2 Å². The van der Waals surface area contributed by atoms with E-state index in [2.05, 4.69) is 15.3 Å². The molecule has 2 aromatic carbocycles. The number of hydrogen-bond acceptors (Lipinski definition) is 5. The molecule has 4 rings (SSSR count). The Balaban J connectivity index is 2.05. The van der Waals surface area contributed by atoms with Gasteiger partial charge in [0.1, 0.15) is 5.82 Å². The van der Waals surface area contributed by atoms with Crippen molar-refractivity contribution < 1.29 is 18.3 Å².